The Balaban J connectivity index is 1.35. The molecule has 0 spiro atoms. The standard InChI is InChI=1S/C18H33NO/c1-15-7-9-16(10-8-15)14-20-18-11-12-19(13-18)17-5-3-2-4-6-17/h15-18H,2-14H2,1H3. The topological polar surface area (TPSA) is 12.5 Å². The second kappa shape index (κ2) is 7.26. The molecule has 1 heterocycles. The van der Waals surface area contributed by atoms with Crippen molar-refractivity contribution in [2.45, 2.75) is 83.3 Å². The van der Waals surface area contributed by atoms with Crippen LogP contribution in [0.1, 0.15) is 71.1 Å². The normalized spacial score (nSPS) is 37.4. The van der Waals surface area contributed by atoms with Gasteiger partial charge >= 0.3 is 0 Å². The van der Waals surface area contributed by atoms with Crippen LogP contribution in [0.3, 0.4) is 0 Å². The van der Waals surface area contributed by atoms with Crippen LogP contribution in [0.15, 0.2) is 0 Å². The average molecular weight is 279 g/mol. The lowest BCUT2D eigenvalue weighted by Gasteiger charge is -2.31. The first kappa shape index (κ1) is 14.8. The van der Waals surface area contributed by atoms with Crippen molar-refractivity contribution in [3.63, 3.8) is 0 Å². The summed E-state index contributed by atoms with van der Waals surface area (Å²) in [6.45, 7) is 5.94. The lowest BCUT2D eigenvalue weighted by Crippen LogP contribution is -2.36. The van der Waals surface area contributed by atoms with E-state index in [4.69, 9.17) is 4.74 Å². The van der Waals surface area contributed by atoms with Crippen LogP contribution in [-0.2, 0) is 4.74 Å². The molecule has 20 heavy (non-hydrogen) atoms. The van der Waals surface area contributed by atoms with E-state index in [-0.39, 0.29) is 0 Å². The predicted octanol–water partition coefficient (Wildman–Crippen LogP) is 4.24. The Morgan fingerprint density at radius 1 is 0.900 bits per heavy atom. The molecule has 3 aliphatic rings. The van der Waals surface area contributed by atoms with E-state index in [1.165, 1.54) is 77.3 Å². The molecule has 0 aromatic carbocycles. The molecule has 1 atom stereocenters. The van der Waals surface area contributed by atoms with Gasteiger partial charge in [-0.15, -0.1) is 0 Å². The van der Waals surface area contributed by atoms with E-state index in [0.717, 1.165) is 24.5 Å². The van der Waals surface area contributed by atoms with Gasteiger partial charge < -0.3 is 4.74 Å². The minimum Gasteiger partial charge on any atom is -0.377 e. The third kappa shape index (κ3) is 3.98. The highest BCUT2D eigenvalue weighted by Crippen LogP contribution is 2.30. The molecule has 1 unspecified atom stereocenters. The van der Waals surface area contributed by atoms with Gasteiger partial charge in [-0.3, -0.25) is 4.90 Å². The van der Waals surface area contributed by atoms with Crippen molar-refractivity contribution in [2.75, 3.05) is 19.7 Å². The molecule has 1 aliphatic heterocycles. The molecular formula is C18H33NO. The first-order valence-corrected chi connectivity index (χ1v) is 9.17. The molecule has 0 amide bonds. The second-order valence-electron chi connectivity index (χ2n) is 7.66. The predicted molar refractivity (Wildman–Crippen MR) is 83.9 cm³/mol. The van der Waals surface area contributed by atoms with Gasteiger partial charge in [0.1, 0.15) is 0 Å². The Bertz CT molecular complexity index is 279. The zero-order chi connectivity index (χ0) is 13.8. The van der Waals surface area contributed by atoms with Gasteiger partial charge in [-0.1, -0.05) is 39.0 Å². The minimum atomic E-state index is 0.538. The third-order valence-corrected chi connectivity index (χ3v) is 5.97. The molecule has 2 nitrogen and oxygen atoms in total. The van der Waals surface area contributed by atoms with Gasteiger partial charge in [0.2, 0.25) is 0 Å². The summed E-state index contributed by atoms with van der Waals surface area (Å²) in [6.07, 6.45) is 14.7. The first-order chi connectivity index (χ1) is 9.81. The lowest BCUT2D eigenvalue weighted by atomic mass is 9.83. The van der Waals surface area contributed by atoms with E-state index >= 15 is 0 Å². The molecule has 2 aliphatic carbocycles. The summed E-state index contributed by atoms with van der Waals surface area (Å²) >= 11 is 0. The first-order valence-electron chi connectivity index (χ1n) is 9.17. The summed E-state index contributed by atoms with van der Waals surface area (Å²) in [5, 5.41) is 0. The highest BCUT2D eigenvalue weighted by atomic mass is 16.5. The summed E-state index contributed by atoms with van der Waals surface area (Å²) < 4.78 is 6.26. The third-order valence-electron chi connectivity index (χ3n) is 5.97. The largest absolute Gasteiger partial charge is 0.377 e. The quantitative estimate of drug-likeness (QED) is 0.763. The van der Waals surface area contributed by atoms with Crippen LogP contribution < -0.4 is 0 Å². The van der Waals surface area contributed by atoms with E-state index in [2.05, 4.69) is 11.8 Å². The summed E-state index contributed by atoms with van der Waals surface area (Å²) in [6, 6.07) is 0.882. The zero-order valence-corrected chi connectivity index (χ0v) is 13.4. The summed E-state index contributed by atoms with van der Waals surface area (Å²) in [5.74, 6) is 1.81. The highest BCUT2D eigenvalue weighted by molar-refractivity contribution is 4.84. The number of hydrogen-bond donors (Lipinski definition) is 0. The maximum Gasteiger partial charge on any atom is 0.0714 e. The summed E-state index contributed by atoms with van der Waals surface area (Å²) in [7, 11) is 0. The van der Waals surface area contributed by atoms with Crippen molar-refractivity contribution in [1.82, 2.24) is 4.90 Å². The molecule has 3 fully saturated rings. The van der Waals surface area contributed by atoms with Crippen LogP contribution in [0.25, 0.3) is 0 Å². The molecule has 0 radical (unpaired) electrons. The molecular weight excluding hydrogens is 246 g/mol. The van der Waals surface area contributed by atoms with Crippen LogP contribution in [0.4, 0.5) is 0 Å². The van der Waals surface area contributed by atoms with Gasteiger partial charge in [0.15, 0.2) is 0 Å². The number of hydrogen-bond acceptors (Lipinski definition) is 2. The fourth-order valence-corrected chi connectivity index (χ4v) is 4.44. The highest BCUT2D eigenvalue weighted by Gasteiger charge is 2.30. The Labute approximate surface area is 125 Å². The summed E-state index contributed by atoms with van der Waals surface area (Å²) in [5.41, 5.74) is 0. The fraction of sp³-hybridized carbons (Fsp3) is 1.00. The fourth-order valence-electron chi connectivity index (χ4n) is 4.44. The van der Waals surface area contributed by atoms with Crippen LogP contribution in [0.5, 0.6) is 0 Å². The van der Waals surface area contributed by atoms with Crippen LogP contribution in [0.2, 0.25) is 0 Å². The van der Waals surface area contributed by atoms with Gasteiger partial charge in [0.05, 0.1) is 6.10 Å². The van der Waals surface area contributed by atoms with Gasteiger partial charge in [-0.05, 0) is 43.9 Å². The van der Waals surface area contributed by atoms with E-state index in [0.29, 0.717) is 6.10 Å². The average Bonchev–Trinajstić information content (AvgIpc) is 2.97. The van der Waals surface area contributed by atoms with Crippen LogP contribution >= 0.6 is 0 Å². The van der Waals surface area contributed by atoms with E-state index in [1.807, 2.05) is 0 Å². The van der Waals surface area contributed by atoms with Crippen molar-refractivity contribution in [3.05, 3.63) is 0 Å². The molecule has 0 N–H and O–H groups in total. The number of ether oxygens (including phenoxy) is 1. The Hall–Kier alpha value is -0.0800. The van der Waals surface area contributed by atoms with Gasteiger partial charge in [-0.25, -0.2) is 0 Å². The molecule has 0 bridgehead atoms. The van der Waals surface area contributed by atoms with Crippen molar-refractivity contribution in [2.24, 2.45) is 11.8 Å². The van der Waals surface area contributed by atoms with Crippen molar-refractivity contribution in [1.29, 1.82) is 0 Å². The Morgan fingerprint density at radius 3 is 2.40 bits per heavy atom. The molecule has 3 rings (SSSR count). The molecule has 116 valence electrons. The number of nitrogens with zero attached hydrogens (tertiary/aromatic N) is 1. The Kier molecular flexibility index (Phi) is 5.39. The van der Waals surface area contributed by atoms with Crippen LogP contribution in [-0.4, -0.2) is 36.7 Å². The Morgan fingerprint density at radius 2 is 1.65 bits per heavy atom. The SMILES string of the molecule is CC1CCC(COC2CCN(C3CCCCC3)C2)CC1. The number of rotatable bonds is 4. The maximum absolute atomic E-state index is 6.26. The van der Waals surface area contributed by atoms with E-state index < -0.39 is 0 Å². The van der Waals surface area contributed by atoms with Crippen molar-refractivity contribution < 1.29 is 4.74 Å². The molecule has 0 aromatic heterocycles. The van der Waals surface area contributed by atoms with Crippen molar-refractivity contribution >= 4 is 0 Å². The lowest BCUT2D eigenvalue weighted by molar-refractivity contribution is 0.0193. The molecule has 2 heteroatoms. The van der Waals surface area contributed by atoms with Crippen molar-refractivity contribution in [3.8, 4) is 0 Å². The van der Waals surface area contributed by atoms with Gasteiger partial charge in [0.25, 0.3) is 0 Å². The monoisotopic (exact) mass is 279 g/mol. The van der Waals surface area contributed by atoms with Gasteiger partial charge in [0, 0.05) is 25.7 Å². The second-order valence-corrected chi connectivity index (χ2v) is 7.66. The van der Waals surface area contributed by atoms with E-state index in [9.17, 15) is 0 Å². The van der Waals surface area contributed by atoms with Gasteiger partial charge in [-0.2, -0.15) is 0 Å². The maximum atomic E-state index is 6.26. The smallest absolute Gasteiger partial charge is 0.0714 e. The summed E-state index contributed by atoms with van der Waals surface area (Å²) in [4.78, 5) is 2.73. The van der Waals surface area contributed by atoms with Crippen LogP contribution in [0, 0.1) is 11.8 Å². The molecule has 1 saturated heterocycles. The number of likely N-dealkylation sites (tertiary alicyclic amines) is 1. The molecule has 2 saturated carbocycles. The van der Waals surface area contributed by atoms with E-state index in [1.54, 1.807) is 0 Å². The minimum absolute atomic E-state index is 0.538. The zero-order valence-electron chi connectivity index (χ0n) is 13.4. The molecule has 0 aromatic rings.